The molecule has 0 radical (unpaired) electrons. The summed E-state index contributed by atoms with van der Waals surface area (Å²) in [5, 5.41) is 6.35. The largest absolute Gasteiger partial charge is 0.355 e. The highest BCUT2D eigenvalue weighted by Gasteiger charge is 2.20. The molecule has 0 saturated heterocycles. The molecule has 1 rings (SSSR count). The van der Waals surface area contributed by atoms with E-state index in [1.807, 2.05) is 0 Å². The van der Waals surface area contributed by atoms with Gasteiger partial charge in [0.1, 0.15) is 0 Å². The molecule has 1 aliphatic rings. The van der Waals surface area contributed by atoms with Gasteiger partial charge in [-0.2, -0.15) is 0 Å². The predicted octanol–water partition coefficient (Wildman–Crippen LogP) is 1.36. The molecule has 0 aromatic heterocycles. The Morgan fingerprint density at radius 3 is 2.28 bits per heavy atom. The zero-order chi connectivity index (χ0) is 13.5. The Morgan fingerprint density at radius 1 is 1.17 bits per heavy atom. The Bertz CT molecular complexity index is 241. The van der Waals surface area contributed by atoms with E-state index < -0.39 is 0 Å². The first-order chi connectivity index (χ1) is 8.50. The second-order valence-electron chi connectivity index (χ2n) is 5.75. The van der Waals surface area contributed by atoms with Crippen molar-refractivity contribution in [1.82, 2.24) is 15.5 Å². The molecule has 2 N–H and O–H groups in total. The van der Waals surface area contributed by atoms with Gasteiger partial charge in [-0.3, -0.25) is 9.69 Å². The molecule has 1 saturated carbocycles. The van der Waals surface area contributed by atoms with Gasteiger partial charge in [-0.05, 0) is 40.5 Å². The monoisotopic (exact) mass is 255 g/mol. The number of carbonyl (C=O) groups is 1. The van der Waals surface area contributed by atoms with Gasteiger partial charge in [0.15, 0.2) is 0 Å². The summed E-state index contributed by atoms with van der Waals surface area (Å²) >= 11 is 0. The van der Waals surface area contributed by atoms with Crippen LogP contribution in [0.2, 0.25) is 0 Å². The van der Waals surface area contributed by atoms with Crippen LogP contribution < -0.4 is 10.6 Å². The third kappa shape index (κ3) is 6.36. The van der Waals surface area contributed by atoms with Crippen molar-refractivity contribution in [2.75, 3.05) is 19.6 Å². The highest BCUT2D eigenvalue weighted by molar-refractivity contribution is 5.76. The summed E-state index contributed by atoms with van der Waals surface area (Å²) in [5.74, 6) is 0.163. The van der Waals surface area contributed by atoms with Gasteiger partial charge in [0.2, 0.25) is 5.91 Å². The second kappa shape index (κ2) is 7.74. The lowest BCUT2D eigenvalue weighted by Crippen LogP contribution is -2.42. The van der Waals surface area contributed by atoms with Crippen molar-refractivity contribution < 1.29 is 4.79 Å². The first kappa shape index (κ1) is 15.4. The van der Waals surface area contributed by atoms with E-state index >= 15 is 0 Å². The number of rotatable bonds is 9. The standard InChI is InChI=1S/C14H29N3O/c1-11(2)17(12(3)4)10-9-16-14(18)7-8-15-13-5-6-13/h11-13,15H,5-10H2,1-4H3,(H,16,18). The van der Waals surface area contributed by atoms with E-state index in [0.29, 0.717) is 24.5 Å². The molecule has 0 aromatic rings. The maximum absolute atomic E-state index is 11.6. The fourth-order valence-electron chi connectivity index (χ4n) is 2.20. The minimum atomic E-state index is 0.163. The van der Waals surface area contributed by atoms with Crippen LogP contribution in [0.25, 0.3) is 0 Å². The van der Waals surface area contributed by atoms with Crippen LogP contribution in [-0.4, -0.2) is 48.6 Å². The average molecular weight is 255 g/mol. The molecule has 1 fully saturated rings. The lowest BCUT2D eigenvalue weighted by Gasteiger charge is -2.30. The normalized spacial score (nSPS) is 15.7. The van der Waals surface area contributed by atoms with Gasteiger partial charge in [0.05, 0.1) is 0 Å². The van der Waals surface area contributed by atoms with Crippen LogP contribution in [0.15, 0.2) is 0 Å². The van der Waals surface area contributed by atoms with Gasteiger partial charge in [-0.15, -0.1) is 0 Å². The summed E-state index contributed by atoms with van der Waals surface area (Å²) in [5.41, 5.74) is 0. The topological polar surface area (TPSA) is 44.4 Å². The summed E-state index contributed by atoms with van der Waals surface area (Å²) in [7, 11) is 0. The third-order valence-corrected chi connectivity index (χ3v) is 3.38. The van der Waals surface area contributed by atoms with Gasteiger partial charge in [-0.25, -0.2) is 0 Å². The Morgan fingerprint density at radius 2 is 1.78 bits per heavy atom. The van der Waals surface area contributed by atoms with Crippen molar-refractivity contribution in [2.45, 2.75) is 65.1 Å². The number of hydrogen-bond donors (Lipinski definition) is 2. The van der Waals surface area contributed by atoms with Crippen LogP contribution in [0.5, 0.6) is 0 Å². The summed E-state index contributed by atoms with van der Waals surface area (Å²) in [4.78, 5) is 14.0. The van der Waals surface area contributed by atoms with Crippen LogP contribution in [-0.2, 0) is 4.79 Å². The predicted molar refractivity (Wildman–Crippen MR) is 75.6 cm³/mol. The summed E-state index contributed by atoms with van der Waals surface area (Å²) in [6.07, 6.45) is 3.15. The molecule has 4 nitrogen and oxygen atoms in total. The molecule has 106 valence electrons. The van der Waals surface area contributed by atoms with E-state index in [1.54, 1.807) is 0 Å². The smallest absolute Gasteiger partial charge is 0.221 e. The summed E-state index contributed by atoms with van der Waals surface area (Å²) < 4.78 is 0. The molecule has 4 heteroatoms. The Hall–Kier alpha value is -0.610. The molecule has 1 amide bonds. The van der Waals surface area contributed by atoms with Gasteiger partial charge in [0.25, 0.3) is 0 Å². The summed E-state index contributed by atoms with van der Waals surface area (Å²) in [6.45, 7) is 11.3. The minimum absolute atomic E-state index is 0.163. The quantitative estimate of drug-likeness (QED) is 0.654. The van der Waals surface area contributed by atoms with E-state index in [9.17, 15) is 4.79 Å². The van der Waals surface area contributed by atoms with Crippen molar-refractivity contribution in [1.29, 1.82) is 0 Å². The highest BCUT2D eigenvalue weighted by atomic mass is 16.1. The SMILES string of the molecule is CC(C)N(CCNC(=O)CCNC1CC1)C(C)C. The number of hydrogen-bond acceptors (Lipinski definition) is 3. The molecule has 0 unspecified atom stereocenters. The zero-order valence-corrected chi connectivity index (χ0v) is 12.3. The Kier molecular flexibility index (Phi) is 6.65. The molecule has 0 spiro atoms. The molecular weight excluding hydrogens is 226 g/mol. The fourth-order valence-corrected chi connectivity index (χ4v) is 2.20. The molecular formula is C14H29N3O. The number of amides is 1. The maximum atomic E-state index is 11.6. The van der Waals surface area contributed by atoms with Crippen molar-refractivity contribution in [3.05, 3.63) is 0 Å². The van der Waals surface area contributed by atoms with Crippen molar-refractivity contribution >= 4 is 5.91 Å². The van der Waals surface area contributed by atoms with Crippen LogP contribution in [0, 0.1) is 0 Å². The third-order valence-electron chi connectivity index (χ3n) is 3.38. The van der Waals surface area contributed by atoms with E-state index in [4.69, 9.17) is 0 Å². The van der Waals surface area contributed by atoms with Crippen LogP contribution in [0.4, 0.5) is 0 Å². The molecule has 0 heterocycles. The molecule has 1 aliphatic carbocycles. The van der Waals surface area contributed by atoms with Crippen LogP contribution in [0.1, 0.15) is 47.0 Å². The molecule has 0 aliphatic heterocycles. The van der Waals surface area contributed by atoms with Gasteiger partial charge < -0.3 is 10.6 Å². The number of carbonyl (C=O) groups excluding carboxylic acids is 1. The lowest BCUT2D eigenvalue weighted by atomic mass is 10.2. The van der Waals surface area contributed by atoms with Crippen LogP contribution in [0.3, 0.4) is 0 Å². The summed E-state index contributed by atoms with van der Waals surface area (Å²) in [6, 6.07) is 1.74. The lowest BCUT2D eigenvalue weighted by molar-refractivity contribution is -0.121. The van der Waals surface area contributed by atoms with Crippen LogP contribution >= 0.6 is 0 Å². The number of nitrogens with one attached hydrogen (secondary N) is 2. The van der Waals surface area contributed by atoms with E-state index in [1.165, 1.54) is 12.8 Å². The maximum Gasteiger partial charge on any atom is 0.221 e. The molecule has 0 bridgehead atoms. The van der Waals surface area contributed by atoms with Crippen molar-refractivity contribution in [2.24, 2.45) is 0 Å². The van der Waals surface area contributed by atoms with Gasteiger partial charge >= 0.3 is 0 Å². The van der Waals surface area contributed by atoms with E-state index in [0.717, 1.165) is 19.6 Å². The molecule has 0 atom stereocenters. The van der Waals surface area contributed by atoms with Crippen molar-refractivity contribution in [3.8, 4) is 0 Å². The minimum Gasteiger partial charge on any atom is -0.355 e. The molecule has 18 heavy (non-hydrogen) atoms. The highest BCUT2D eigenvalue weighted by Crippen LogP contribution is 2.18. The number of nitrogens with zero attached hydrogens (tertiary/aromatic N) is 1. The van der Waals surface area contributed by atoms with E-state index in [-0.39, 0.29) is 5.91 Å². The zero-order valence-electron chi connectivity index (χ0n) is 12.3. The fraction of sp³-hybridized carbons (Fsp3) is 0.929. The van der Waals surface area contributed by atoms with Gasteiger partial charge in [-0.1, -0.05) is 0 Å². The second-order valence-corrected chi connectivity index (χ2v) is 5.75. The Labute approximate surface area is 111 Å². The average Bonchev–Trinajstić information content (AvgIpc) is 3.07. The van der Waals surface area contributed by atoms with Gasteiger partial charge in [0, 0.05) is 44.2 Å². The Balaban J connectivity index is 2.05. The van der Waals surface area contributed by atoms with Crippen molar-refractivity contribution in [3.63, 3.8) is 0 Å². The van der Waals surface area contributed by atoms with E-state index in [2.05, 4.69) is 43.2 Å². The first-order valence-corrected chi connectivity index (χ1v) is 7.26. The first-order valence-electron chi connectivity index (χ1n) is 7.26. The molecule has 0 aromatic carbocycles.